The van der Waals surface area contributed by atoms with E-state index in [1.165, 1.54) is 11.1 Å². The lowest BCUT2D eigenvalue weighted by Crippen LogP contribution is -2.07. The molecule has 0 aromatic heterocycles. The highest BCUT2D eigenvalue weighted by atomic mass is 16.5. The van der Waals surface area contributed by atoms with Crippen LogP contribution in [0, 0.1) is 0 Å². The number of aryl methyl sites for hydroxylation is 1. The molecule has 0 saturated carbocycles. The lowest BCUT2D eigenvalue weighted by atomic mass is 9.94. The number of hydrogen-bond donors (Lipinski definition) is 1. The van der Waals surface area contributed by atoms with Gasteiger partial charge in [0.15, 0.2) is 0 Å². The van der Waals surface area contributed by atoms with Gasteiger partial charge in [-0.15, -0.1) is 0 Å². The normalized spacial score (nSPS) is 12.3. The van der Waals surface area contributed by atoms with Crippen molar-refractivity contribution in [1.29, 1.82) is 0 Å². The van der Waals surface area contributed by atoms with Crippen molar-refractivity contribution in [3.8, 4) is 11.5 Å². The van der Waals surface area contributed by atoms with Gasteiger partial charge in [0.25, 0.3) is 0 Å². The Balaban J connectivity index is 3.18. The largest absolute Gasteiger partial charge is 0.496 e. The molecule has 0 amide bonds. The highest BCUT2D eigenvalue weighted by Crippen LogP contribution is 2.34. The maximum Gasteiger partial charge on any atom is 0.126 e. The second-order valence-electron chi connectivity index (χ2n) is 4.24. The van der Waals surface area contributed by atoms with E-state index in [0.717, 1.165) is 24.3 Å². The molecule has 17 heavy (non-hydrogen) atoms. The molecule has 1 unspecified atom stereocenters. The summed E-state index contributed by atoms with van der Waals surface area (Å²) >= 11 is 0. The number of hydrogen-bond acceptors (Lipinski definition) is 3. The van der Waals surface area contributed by atoms with Gasteiger partial charge < -0.3 is 15.2 Å². The van der Waals surface area contributed by atoms with E-state index in [4.69, 9.17) is 15.2 Å². The first-order valence-electron chi connectivity index (χ1n) is 6.12. The van der Waals surface area contributed by atoms with E-state index in [1.807, 2.05) is 6.07 Å². The number of ether oxygens (including phenoxy) is 2. The summed E-state index contributed by atoms with van der Waals surface area (Å²) in [5.41, 5.74) is 8.05. The number of methoxy groups -OCH3 is 2. The van der Waals surface area contributed by atoms with Crippen molar-refractivity contribution in [3.63, 3.8) is 0 Å². The Morgan fingerprint density at radius 2 is 1.82 bits per heavy atom. The highest BCUT2D eigenvalue weighted by molar-refractivity contribution is 5.48. The van der Waals surface area contributed by atoms with Crippen LogP contribution >= 0.6 is 0 Å². The first kappa shape index (κ1) is 13.8. The fourth-order valence-electron chi connectivity index (χ4n) is 2.06. The minimum Gasteiger partial charge on any atom is -0.496 e. The third-order valence-corrected chi connectivity index (χ3v) is 3.14. The zero-order valence-corrected chi connectivity index (χ0v) is 11.2. The van der Waals surface area contributed by atoms with E-state index in [2.05, 4.69) is 19.9 Å². The first-order chi connectivity index (χ1) is 8.17. The number of rotatable bonds is 6. The molecule has 0 aliphatic rings. The Morgan fingerprint density at radius 3 is 2.29 bits per heavy atom. The van der Waals surface area contributed by atoms with Crippen molar-refractivity contribution >= 4 is 0 Å². The molecule has 1 atom stereocenters. The Hall–Kier alpha value is -1.22. The van der Waals surface area contributed by atoms with Crippen LogP contribution in [-0.2, 0) is 6.42 Å². The van der Waals surface area contributed by atoms with Crippen LogP contribution in [0.1, 0.15) is 37.3 Å². The van der Waals surface area contributed by atoms with E-state index in [9.17, 15) is 0 Å². The SMILES string of the molecule is CCc1cc(C(C)CCN)c(OC)cc1OC. The molecule has 3 nitrogen and oxygen atoms in total. The van der Waals surface area contributed by atoms with Gasteiger partial charge in [-0.1, -0.05) is 13.8 Å². The maximum atomic E-state index is 5.62. The van der Waals surface area contributed by atoms with Crippen LogP contribution in [-0.4, -0.2) is 20.8 Å². The minimum absolute atomic E-state index is 0.408. The van der Waals surface area contributed by atoms with Crippen LogP contribution in [0.25, 0.3) is 0 Å². The molecule has 3 heteroatoms. The lowest BCUT2D eigenvalue weighted by molar-refractivity contribution is 0.385. The Morgan fingerprint density at radius 1 is 1.18 bits per heavy atom. The molecule has 0 spiro atoms. The lowest BCUT2D eigenvalue weighted by Gasteiger charge is -2.18. The molecule has 1 aromatic rings. The van der Waals surface area contributed by atoms with Crippen LogP contribution in [0.4, 0.5) is 0 Å². The molecule has 96 valence electrons. The Bertz CT molecular complexity index is 363. The van der Waals surface area contributed by atoms with Crippen LogP contribution < -0.4 is 15.2 Å². The zero-order valence-electron chi connectivity index (χ0n) is 11.2. The molecule has 0 saturated heterocycles. The molecule has 0 aliphatic heterocycles. The van der Waals surface area contributed by atoms with Crippen molar-refractivity contribution in [3.05, 3.63) is 23.3 Å². The zero-order chi connectivity index (χ0) is 12.8. The summed E-state index contributed by atoms with van der Waals surface area (Å²) < 4.78 is 10.8. The molecule has 0 radical (unpaired) electrons. The summed E-state index contributed by atoms with van der Waals surface area (Å²) in [7, 11) is 3.38. The quantitative estimate of drug-likeness (QED) is 0.827. The van der Waals surface area contributed by atoms with Gasteiger partial charge in [0.2, 0.25) is 0 Å². The van der Waals surface area contributed by atoms with Gasteiger partial charge in [0, 0.05) is 6.07 Å². The van der Waals surface area contributed by atoms with Crippen molar-refractivity contribution in [1.82, 2.24) is 0 Å². The van der Waals surface area contributed by atoms with Gasteiger partial charge in [0.1, 0.15) is 11.5 Å². The predicted molar refractivity (Wildman–Crippen MR) is 71.0 cm³/mol. The molecular weight excluding hydrogens is 214 g/mol. The van der Waals surface area contributed by atoms with Crippen molar-refractivity contribution in [2.45, 2.75) is 32.6 Å². The fraction of sp³-hybridized carbons (Fsp3) is 0.571. The van der Waals surface area contributed by atoms with Crippen molar-refractivity contribution < 1.29 is 9.47 Å². The van der Waals surface area contributed by atoms with Crippen molar-refractivity contribution in [2.24, 2.45) is 5.73 Å². The van der Waals surface area contributed by atoms with Crippen LogP contribution in [0.15, 0.2) is 12.1 Å². The van der Waals surface area contributed by atoms with Gasteiger partial charge in [-0.3, -0.25) is 0 Å². The fourth-order valence-corrected chi connectivity index (χ4v) is 2.06. The topological polar surface area (TPSA) is 44.5 Å². The standard InChI is InChI=1S/C14H23NO2/c1-5-11-8-12(10(2)6-7-15)14(17-4)9-13(11)16-3/h8-10H,5-7,15H2,1-4H3. The molecule has 1 aromatic carbocycles. The van der Waals surface area contributed by atoms with Crippen molar-refractivity contribution in [2.75, 3.05) is 20.8 Å². The summed E-state index contributed by atoms with van der Waals surface area (Å²) in [6.07, 6.45) is 1.92. The highest BCUT2D eigenvalue weighted by Gasteiger charge is 2.14. The van der Waals surface area contributed by atoms with E-state index < -0.39 is 0 Å². The molecule has 1 rings (SSSR count). The summed E-state index contributed by atoms with van der Waals surface area (Å²) in [6, 6.07) is 4.15. The third kappa shape index (κ3) is 3.13. The summed E-state index contributed by atoms with van der Waals surface area (Å²) in [5.74, 6) is 2.19. The van der Waals surface area contributed by atoms with E-state index in [0.29, 0.717) is 12.5 Å². The molecular formula is C14H23NO2. The average molecular weight is 237 g/mol. The van der Waals surface area contributed by atoms with Crippen LogP contribution in [0.3, 0.4) is 0 Å². The number of nitrogens with two attached hydrogens (primary N) is 1. The second-order valence-corrected chi connectivity index (χ2v) is 4.24. The summed E-state index contributed by atoms with van der Waals surface area (Å²) in [4.78, 5) is 0. The van der Waals surface area contributed by atoms with Crippen LogP contribution in [0.5, 0.6) is 11.5 Å². The second kappa shape index (κ2) is 6.50. The smallest absolute Gasteiger partial charge is 0.126 e. The van der Waals surface area contributed by atoms with E-state index in [-0.39, 0.29) is 0 Å². The summed E-state index contributed by atoms with van der Waals surface area (Å²) in [6.45, 7) is 5.00. The molecule has 0 fully saturated rings. The Kier molecular flexibility index (Phi) is 5.29. The minimum atomic E-state index is 0.408. The van der Waals surface area contributed by atoms with Gasteiger partial charge >= 0.3 is 0 Å². The summed E-state index contributed by atoms with van der Waals surface area (Å²) in [5, 5.41) is 0. The van der Waals surface area contributed by atoms with E-state index >= 15 is 0 Å². The third-order valence-electron chi connectivity index (χ3n) is 3.14. The molecule has 0 heterocycles. The maximum absolute atomic E-state index is 5.62. The van der Waals surface area contributed by atoms with Gasteiger partial charge in [0.05, 0.1) is 14.2 Å². The van der Waals surface area contributed by atoms with Gasteiger partial charge in [-0.05, 0) is 42.5 Å². The van der Waals surface area contributed by atoms with Gasteiger partial charge in [-0.25, -0.2) is 0 Å². The molecule has 2 N–H and O–H groups in total. The molecule has 0 aliphatic carbocycles. The Labute approximate surface area is 104 Å². The molecule has 0 bridgehead atoms. The average Bonchev–Trinajstić information content (AvgIpc) is 2.37. The van der Waals surface area contributed by atoms with E-state index in [1.54, 1.807) is 14.2 Å². The van der Waals surface area contributed by atoms with Crippen LogP contribution in [0.2, 0.25) is 0 Å². The first-order valence-corrected chi connectivity index (χ1v) is 6.12. The predicted octanol–water partition coefficient (Wildman–Crippen LogP) is 2.72. The number of benzene rings is 1. The van der Waals surface area contributed by atoms with Gasteiger partial charge in [-0.2, -0.15) is 0 Å². The monoisotopic (exact) mass is 237 g/mol.